The molecule has 1 aromatic carbocycles. The number of carbonyl (C=O) groups is 1. The number of benzene rings is 1. The first-order valence-corrected chi connectivity index (χ1v) is 8.87. The van der Waals surface area contributed by atoms with Crippen LogP contribution in [0, 0.1) is 5.92 Å². The summed E-state index contributed by atoms with van der Waals surface area (Å²) >= 11 is 0.485. The molecule has 1 atom stereocenters. The van der Waals surface area contributed by atoms with Crippen molar-refractivity contribution >= 4 is 29.3 Å². The van der Waals surface area contributed by atoms with E-state index in [1.165, 1.54) is 0 Å². The van der Waals surface area contributed by atoms with Crippen LogP contribution in [0.5, 0.6) is 0 Å². The lowest BCUT2D eigenvalue weighted by atomic mass is 9.97. The van der Waals surface area contributed by atoms with Gasteiger partial charge in [-0.15, -0.1) is 0 Å². The Morgan fingerprint density at radius 3 is 2.64 bits per heavy atom. The van der Waals surface area contributed by atoms with Crippen LogP contribution in [0.1, 0.15) is 12.8 Å². The number of thioether (sulfide) groups is 1. The third-order valence-electron chi connectivity index (χ3n) is 3.97. The van der Waals surface area contributed by atoms with Crippen molar-refractivity contribution in [3.8, 4) is 0 Å². The van der Waals surface area contributed by atoms with Gasteiger partial charge in [-0.3, -0.25) is 4.79 Å². The molecule has 1 aromatic heterocycles. The number of carbonyl (C=O) groups excluding carboxylic acids is 1. The van der Waals surface area contributed by atoms with Gasteiger partial charge in [0.2, 0.25) is 11.9 Å². The van der Waals surface area contributed by atoms with Crippen LogP contribution in [-0.2, 0) is 4.79 Å². The van der Waals surface area contributed by atoms with Gasteiger partial charge in [0.1, 0.15) is 0 Å². The minimum Gasteiger partial charge on any atom is -0.340 e. The van der Waals surface area contributed by atoms with Crippen molar-refractivity contribution < 1.29 is 13.6 Å². The molecular formula is C17H18F2N4OS. The molecule has 2 aromatic rings. The zero-order chi connectivity index (χ0) is 17.6. The molecule has 132 valence electrons. The summed E-state index contributed by atoms with van der Waals surface area (Å²) in [5, 5.41) is 2.86. The largest absolute Gasteiger partial charge is 0.340 e. The predicted octanol–water partition coefficient (Wildman–Crippen LogP) is 3.65. The number of hydrogen-bond donors (Lipinski definition) is 1. The van der Waals surface area contributed by atoms with Gasteiger partial charge in [0, 0.05) is 36.1 Å². The van der Waals surface area contributed by atoms with Gasteiger partial charge in [0.15, 0.2) is 0 Å². The highest BCUT2D eigenvalue weighted by molar-refractivity contribution is 7.99. The second kappa shape index (κ2) is 8.24. The highest BCUT2D eigenvalue weighted by atomic mass is 32.2. The van der Waals surface area contributed by atoms with E-state index < -0.39 is 5.76 Å². The summed E-state index contributed by atoms with van der Waals surface area (Å²) in [6.07, 6.45) is 5.06. The smallest absolute Gasteiger partial charge is 0.288 e. The van der Waals surface area contributed by atoms with Crippen LogP contribution in [0.15, 0.2) is 47.6 Å². The zero-order valence-corrected chi connectivity index (χ0v) is 14.3. The van der Waals surface area contributed by atoms with Crippen LogP contribution >= 0.6 is 11.8 Å². The van der Waals surface area contributed by atoms with Crippen molar-refractivity contribution in [2.75, 3.05) is 23.3 Å². The lowest BCUT2D eigenvalue weighted by Gasteiger charge is -2.31. The Balaban J connectivity index is 1.59. The number of aromatic nitrogens is 2. The molecule has 3 rings (SSSR count). The van der Waals surface area contributed by atoms with Crippen LogP contribution in [-0.4, -0.2) is 34.7 Å². The van der Waals surface area contributed by atoms with Gasteiger partial charge < -0.3 is 10.2 Å². The van der Waals surface area contributed by atoms with Gasteiger partial charge in [0.25, 0.3) is 5.76 Å². The van der Waals surface area contributed by atoms with Crippen molar-refractivity contribution in [2.24, 2.45) is 5.92 Å². The molecule has 0 bridgehead atoms. The number of hydrogen-bond acceptors (Lipinski definition) is 5. The molecule has 0 spiro atoms. The fourth-order valence-corrected chi connectivity index (χ4v) is 3.29. The zero-order valence-electron chi connectivity index (χ0n) is 13.4. The highest BCUT2D eigenvalue weighted by Gasteiger charge is 2.27. The summed E-state index contributed by atoms with van der Waals surface area (Å²) in [5.74, 6) is -2.05. The molecule has 1 saturated heterocycles. The highest BCUT2D eigenvalue weighted by Crippen LogP contribution is 2.27. The second-order valence-electron chi connectivity index (χ2n) is 5.73. The van der Waals surface area contributed by atoms with Crippen LogP contribution in [0.3, 0.4) is 0 Å². The lowest BCUT2D eigenvalue weighted by Crippen LogP contribution is -2.41. The third-order valence-corrected chi connectivity index (χ3v) is 4.70. The van der Waals surface area contributed by atoms with E-state index in [0.29, 0.717) is 34.8 Å². The van der Waals surface area contributed by atoms with Gasteiger partial charge >= 0.3 is 0 Å². The molecule has 8 heteroatoms. The quantitative estimate of drug-likeness (QED) is 0.821. The Hall–Kier alpha value is -2.22. The average molecular weight is 364 g/mol. The van der Waals surface area contributed by atoms with Gasteiger partial charge in [-0.2, -0.15) is 8.78 Å². The second-order valence-corrected chi connectivity index (χ2v) is 6.79. The molecule has 1 aliphatic heterocycles. The Labute approximate surface area is 148 Å². The van der Waals surface area contributed by atoms with E-state index in [0.717, 1.165) is 19.4 Å². The van der Waals surface area contributed by atoms with Crippen LogP contribution < -0.4 is 10.2 Å². The monoisotopic (exact) mass is 364 g/mol. The molecule has 25 heavy (non-hydrogen) atoms. The van der Waals surface area contributed by atoms with Crippen molar-refractivity contribution in [1.29, 1.82) is 0 Å². The van der Waals surface area contributed by atoms with Crippen LogP contribution in [0.25, 0.3) is 0 Å². The van der Waals surface area contributed by atoms with E-state index in [9.17, 15) is 13.6 Å². The SMILES string of the molecule is O=C(Nc1ccc(SC(F)F)cc1)C1CCCN(c2ncccn2)C1. The molecule has 5 nitrogen and oxygen atoms in total. The Bertz CT molecular complexity index is 700. The Morgan fingerprint density at radius 2 is 1.96 bits per heavy atom. The van der Waals surface area contributed by atoms with E-state index in [-0.39, 0.29) is 11.8 Å². The van der Waals surface area contributed by atoms with E-state index in [1.807, 2.05) is 4.90 Å². The molecule has 1 aliphatic rings. The van der Waals surface area contributed by atoms with Gasteiger partial charge in [-0.05, 0) is 43.2 Å². The number of halogens is 2. The van der Waals surface area contributed by atoms with Crippen LogP contribution in [0.2, 0.25) is 0 Å². The molecule has 0 aliphatic carbocycles. The number of rotatable bonds is 5. The maximum absolute atomic E-state index is 12.5. The standard InChI is InChI=1S/C17H18F2N4OS/c18-16(19)25-14-6-4-13(5-7-14)22-15(24)12-3-1-10-23(11-12)17-20-8-2-9-21-17/h2,4-9,12,16H,1,3,10-11H2,(H,22,24). The maximum atomic E-state index is 12.5. The van der Waals surface area contributed by atoms with Gasteiger partial charge in [-0.25, -0.2) is 9.97 Å². The fourth-order valence-electron chi connectivity index (χ4n) is 2.79. The van der Waals surface area contributed by atoms with Crippen molar-refractivity contribution in [3.05, 3.63) is 42.7 Å². The van der Waals surface area contributed by atoms with Crippen molar-refractivity contribution in [2.45, 2.75) is 23.5 Å². The number of nitrogens with zero attached hydrogens (tertiary/aromatic N) is 3. The van der Waals surface area contributed by atoms with E-state index >= 15 is 0 Å². The number of amides is 1. The fraction of sp³-hybridized carbons (Fsp3) is 0.353. The number of piperidine rings is 1. The summed E-state index contributed by atoms with van der Waals surface area (Å²) in [6, 6.07) is 8.20. The first kappa shape index (κ1) is 17.6. The predicted molar refractivity (Wildman–Crippen MR) is 93.9 cm³/mol. The number of alkyl halides is 2. The molecule has 0 radical (unpaired) electrons. The van der Waals surface area contributed by atoms with Crippen molar-refractivity contribution in [3.63, 3.8) is 0 Å². The molecular weight excluding hydrogens is 346 g/mol. The number of anilines is 2. The summed E-state index contributed by atoms with van der Waals surface area (Å²) in [4.78, 5) is 23.4. The first-order valence-electron chi connectivity index (χ1n) is 7.99. The topological polar surface area (TPSA) is 58.1 Å². The van der Waals surface area contributed by atoms with E-state index in [4.69, 9.17) is 0 Å². The van der Waals surface area contributed by atoms with Gasteiger partial charge in [-0.1, -0.05) is 11.8 Å². The molecule has 1 fully saturated rings. The first-order chi connectivity index (χ1) is 12.1. The van der Waals surface area contributed by atoms with E-state index in [2.05, 4.69) is 15.3 Å². The average Bonchev–Trinajstić information content (AvgIpc) is 2.64. The lowest BCUT2D eigenvalue weighted by molar-refractivity contribution is -0.120. The summed E-state index contributed by atoms with van der Waals surface area (Å²) in [7, 11) is 0. The molecule has 0 saturated carbocycles. The maximum Gasteiger partial charge on any atom is 0.288 e. The van der Waals surface area contributed by atoms with E-state index in [1.54, 1.807) is 42.7 Å². The number of nitrogens with one attached hydrogen (secondary N) is 1. The summed E-state index contributed by atoms with van der Waals surface area (Å²) in [5.41, 5.74) is 0.608. The van der Waals surface area contributed by atoms with Crippen LogP contribution in [0.4, 0.5) is 20.4 Å². The molecule has 1 unspecified atom stereocenters. The Morgan fingerprint density at radius 1 is 1.24 bits per heavy atom. The summed E-state index contributed by atoms with van der Waals surface area (Å²) in [6.45, 7) is 1.39. The molecule has 1 N–H and O–H groups in total. The normalized spacial score (nSPS) is 17.6. The summed E-state index contributed by atoms with van der Waals surface area (Å²) < 4.78 is 24.7. The minimum absolute atomic E-state index is 0.0742. The molecule has 1 amide bonds. The minimum atomic E-state index is -2.45. The Kier molecular flexibility index (Phi) is 5.80. The van der Waals surface area contributed by atoms with Gasteiger partial charge in [0.05, 0.1) is 5.92 Å². The van der Waals surface area contributed by atoms with Crippen molar-refractivity contribution in [1.82, 2.24) is 9.97 Å². The molecule has 2 heterocycles. The third kappa shape index (κ3) is 4.88.